The predicted molar refractivity (Wildman–Crippen MR) is 117 cm³/mol. The van der Waals surface area contributed by atoms with Gasteiger partial charge < -0.3 is 10.0 Å². The molecule has 0 bridgehead atoms. The molecule has 3 unspecified atom stereocenters. The largest absolute Gasteiger partial charge is 0.481 e. The highest BCUT2D eigenvalue weighted by Gasteiger charge is 2.41. The van der Waals surface area contributed by atoms with E-state index in [0.29, 0.717) is 18.1 Å². The van der Waals surface area contributed by atoms with Gasteiger partial charge in [-0.05, 0) is 49.9 Å². The quantitative estimate of drug-likeness (QED) is 0.669. The molecule has 1 aliphatic heterocycles. The Hall–Kier alpha value is -2.23. The molecule has 6 nitrogen and oxygen atoms in total. The number of hydrogen-bond acceptors (Lipinski definition) is 4. The fourth-order valence-electron chi connectivity index (χ4n) is 4.90. The van der Waals surface area contributed by atoms with Gasteiger partial charge in [0.25, 0.3) is 0 Å². The second kappa shape index (κ2) is 8.28. The van der Waals surface area contributed by atoms with Gasteiger partial charge in [-0.3, -0.25) is 4.79 Å². The molecule has 0 spiro atoms. The molecule has 1 saturated heterocycles. The van der Waals surface area contributed by atoms with Gasteiger partial charge in [0.15, 0.2) is 0 Å². The summed E-state index contributed by atoms with van der Waals surface area (Å²) in [5.74, 6) is -3.22. The summed E-state index contributed by atoms with van der Waals surface area (Å²) in [5.41, 5.74) is 1.47. The molecule has 4 rings (SSSR count). The highest BCUT2D eigenvalue weighted by molar-refractivity contribution is 7.89. The Morgan fingerprint density at radius 2 is 1.78 bits per heavy atom. The van der Waals surface area contributed by atoms with Gasteiger partial charge in [0, 0.05) is 31.2 Å². The number of nitrogens with zero attached hydrogens (tertiary/aromatic N) is 2. The number of carbonyl (C=O) groups is 1. The van der Waals surface area contributed by atoms with E-state index < -0.39 is 45.6 Å². The number of fused-ring (bicyclic) bond motifs is 1. The molecule has 3 atom stereocenters. The van der Waals surface area contributed by atoms with Crippen LogP contribution >= 0.6 is 11.6 Å². The Morgan fingerprint density at radius 1 is 1.12 bits per heavy atom. The van der Waals surface area contributed by atoms with Crippen LogP contribution in [-0.2, 0) is 27.7 Å². The van der Waals surface area contributed by atoms with Crippen LogP contribution in [0.2, 0.25) is 5.02 Å². The van der Waals surface area contributed by atoms with Gasteiger partial charge in [-0.1, -0.05) is 23.7 Å². The number of piperazine rings is 1. The smallest absolute Gasteiger partial charge is 0.307 e. The normalized spacial score (nSPS) is 23.9. The first-order valence-electron chi connectivity index (χ1n) is 10.3. The molecule has 0 saturated carbocycles. The Morgan fingerprint density at radius 3 is 2.41 bits per heavy atom. The van der Waals surface area contributed by atoms with Gasteiger partial charge in [-0.15, -0.1) is 0 Å². The highest BCUT2D eigenvalue weighted by Crippen LogP contribution is 2.37. The fraction of sp³-hybridized carbons (Fsp3) is 0.409. The number of hydrogen-bond donors (Lipinski definition) is 1. The third kappa shape index (κ3) is 3.86. The second-order valence-electron chi connectivity index (χ2n) is 8.50. The lowest BCUT2D eigenvalue weighted by Gasteiger charge is -2.44. The van der Waals surface area contributed by atoms with Crippen molar-refractivity contribution in [2.75, 3.05) is 18.0 Å². The van der Waals surface area contributed by atoms with E-state index in [9.17, 15) is 27.1 Å². The van der Waals surface area contributed by atoms with Crippen LogP contribution in [0.5, 0.6) is 0 Å². The number of benzene rings is 2. The van der Waals surface area contributed by atoms with Crippen LogP contribution in [0.4, 0.5) is 14.5 Å². The molecule has 1 aliphatic carbocycles. The van der Waals surface area contributed by atoms with Crippen molar-refractivity contribution in [3.05, 3.63) is 58.1 Å². The SMILES string of the molecule is CC1CN(c2cc(F)cc(F)c2Cl)CC(C)N1S(=O)(=O)c1cccc2c1CC(C(=O)O)C2. The van der Waals surface area contributed by atoms with E-state index in [0.717, 1.165) is 11.6 Å². The molecule has 172 valence electrons. The van der Waals surface area contributed by atoms with E-state index in [1.165, 1.54) is 10.4 Å². The van der Waals surface area contributed by atoms with Crippen LogP contribution in [0.3, 0.4) is 0 Å². The van der Waals surface area contributed by atoms with Gasteiger partial charge in [0.05, 0.1) is 21.5 Å². The summed E-state index contributed by atoms with van der Waals surface area (Å²) in [5, 5.41) is 9.18. The topological polar surface area (TPSA) is 77.9 Å². The second-order valence-corrected chi connectivity index (χ2v) is 10.7. The molecule has 1 N–H and O–H groups in total. The number of anilines is 1. The first-order valence-corrected chi connectivity index (χ1v) is 12.1. The minimum atomic E-state index is -3.93. The summed E-state index contributed by atoms with van der Waals surface area (Å²) >= 11 is 6.06. The van der Waals surface area contributed by atoms with Crippen molar-refractivity contribution in [1.29, 1.82) is 0 Å². The molecular weight excluding hydrogens is 462 g/mol. The molecule has 1 heterocycles. The Balaban J connectivity index is 1.65. The summed E-state index contributed by atoms with van der Waals surface area (Å²) in [7, 11) is -3.93. The van der Waals surface area contributed by atoms with Gasteiger partial charge in [0.1, 0.15) is 11.6 Å². The van der Waals surface area contributed by atoms with E-state index in [2.05, 4.69) is 0 Å². The molecule has 10 heteroatoms. The molecule has 2 aromatic rings. The van der Waals surface area contributed by atoms with Crippen LogP contribution in [0, 0.1) is 17.6 Å². The van der Waals surface area contributed by atoms with Gasteiger partial charge >= 0.3 is 5.97 Å². The first kappa shape index (κ1) is 22.9. The number of aliphatic carboxylic acids is 1. The summed E-state index contributed by atoms with van der Waals surface area (Å²) in [4.78, 5) is 13.3. The van der Waals surface area contributed by atoms with E-state index in [1.54, 1.807) is 30.9 Å². The molecular formula is C22H23ClF2N2O4S. The van der Waals surface area contributed by atoms with Crippen LogP contribution < -0.4 is 4.90 Å². The highest BCUT2D eigenvalue weighted by atomic mass is 35.5. The van der Waals surface area contributed by atoms with Gasteiger partial charge in [-0.2, -0.15) is 4.31 Å². The minimum absolute atomic E-state index is 0.126. The monoisotopic (exact) mass is 484 g/mol. The molecule has 2 aliphatic rings. The van der Waals surface area contributed by atoms with E-state index >= 15 is 0 Å². The molecule has 2 aromatic carbocycles. The zero-order valence-electron chi connectivity index (χ0n) is 17.6. The molecule has 0 aromatic heterocycles. The number of carboxylic acid groups (broad SMARTS) is 1. The van der Waals surface area contributed by atoms with Crippen molar-refractivity contribution < 1.29 is 27.1 Å². The predicted octanol–water partition coefficient (Wildman–Crippen LogP) is 3.71. The number of rotatable bonds is 4. The van der Waals surface area contributed by atoms with Crippen molar-refractivity contribution in [3.8, 4) is 0 Å². The van der Waals surface area contributed by atoms with Crippen LogP contribution in [0.15, 0.2) is 35.2 Å². The maximum atomic E-state index is 13.9. The Bertz CT molecular complexity index is 1180. The van der Waals surface area contributed by atoms with Crippen molar-refractivity contribution in [2.45, 2.75) is 43.7 Å². The van der Waals surface area contributed by atoms with Crippen molar-refractivity contribution in [2.24, 2.45) is 5.92 Å². The Kier molecular flexibility index (Phi) is 5.94. The average Bonchev–Trinajstić information content (AvgIpc) is 3.14. The van der Waals surface area contributed by atoms with E-state index in [1.807, 2.05) is 0 Å². The summed E-state index contributed by atoms with van der Waals surface area (Å²) in [6.45, 7) is 3.85. The maximum Gasteiger partial charge on any atom is 0.307 e. The third-order valence-electron chi connectivity index (χ3n) is 6.20. The fourth-order valence-corrected chi connectivity index (χ4v) is 7.21. The van der Waals surface area contributed by atoms with Crippen LogP contribution in [-0.4, -0.2) is 49.0 Å². The van der Waals surface area contributed by atoms with Crippen LogP contribution in [0.25, 0.3) is 0 Å². The van der Waals surface area contributed by atoms with Crippen molar-refractivity contribution in [3.63, 3.8) is 0 Å². The number of halogens is 3. The van der Waals surface area contributed by atoms with Crippen molar-refractivity contribution >= 4 is 33.3 Å². The molecule has 0 amide bonds. The first-order chi connectivity index (χ1) is 15.0. The lowest BCUT2D eigenvalue weighted by atomic mass is 10.1. The van der Waals surface area contributed by atoms with Gasteiger partial charge in [0.2, 0.25) is 10.0 Å². The summed E-state index contributed by atoms with van der Waals surface area (Å²) in [6.07, 6.45) is 0.470. The molecule has 32 heavy (non-hydrogen) atoms. The lowest BCUT2D eigenvalue weighted by molar-refractivity contribution is -0.141. The van der Waals surface area contributed by atoms with Crippen LogP contribution in [0.1, 0.15) is 25.0 Å². The van der Waals surface area contributed by atoms with E-state index in [4.69, 9.17) is 11.6 Å². The zero-order valence-corrected chi connectivity index (χ0v) is 19.1. The molecule has 0 radical (unpaired) electrons. The standard InChI is InChI=1S/C22H23ClF2N2O4S/c1-12-10-26(19-9-16(24)8-18(25)21(19)23)11-13(2)27(12)32(30,31)20-5-3-4-14-6-15(22(28)29)7-17(14)20/h3-5,8-9,12-13,15H,6-7,10-11H2,1-2H3,(H,28,29). The third-order valence-corrected chi connectivity index (χ3v) is 8.79. The maximum absolute atomic E-state index is 13.9. The minimum Gasteiger partial charge on any atom is -0.481 e. The molecule has 1 fully saturated rings. The summed E-state index contributed by atoms with van der Waals surface area (Å²) in [6, 6.07) is 5.74. The van der Waals surface area contributed by atoms with E-state index in [-0.39, 0.29) is 35.1 Å². The van der Waals surface area contributed by atoms with Gasteiger partial charge in [-0.25, -0.2) is 17.2 Å². The van der Waals surface area contributed by atoms with Crippen molar-refractivity contribution in [1.82, 2.24) is 4.31 Å². The summed E-state index contributed by atoms with van der Waals surface area (Å²) < 4.78 is 56.5. The zero-order chi connectivity index (χ0) is 23.4. The number of sulfonamides is 1. The Labute approximate surface area is 190 Å². The lowest BCUT2D eigenvalue weighted by Crippen LogP contribution is -2.58. The average molecular weight is 485 g/mol. The number of carboxylic acids is 1.